The van der Waals surface area contributed by atoms with Gasteiger partial charge in [-0.15, -0.1) is 0 Å². The van der Waals surface area contributed by atoms with Gasteiger partial charge in [-0.3, -0.25) is 4.90 Å². The molecule has 0 saturated heterocycles. The average molecular weight is 343 g/mol. The monoisotopic (exact) mass is 343 g/mol. The fourth-order valence-corrected chi connectivity index (χ4v) is 3.66. The lowest BCUT2D eigenvalue weighted by Gasteiger charge is -2.28. The predicted molar refractivity (Wildman–Crippen MR) is 103 cm³/mol. The molecule has 3 aromatic carbocycles. The first-order valence-corrected chi connectivity index (χ1v) is 8.91. The van der Waals surface area contributed by atoms with E-state index < -0.39 is 5.97 Å². The first kappa shape index (κ1) is 16.6. The van der Waals surface area contributed by atoms with Crippen LogP contribution < -0.4 is 0 Å². The van der Waals surface area contributed by atoms with Crippen molar-refractivity contribution in [2.75, 3.05) is 6.54 Å². The van der Waals surface area contributed by atoms with E-state index in [2.05, 4.69) is 41.3 Å². The van der Waals surface area contributed by atoms with Gasteiger partial charge in [-0.2, -0.15) is 0 Å². The molecule has 0 atom stereocenters. The van der Waals surface area contributed by atoms with Gasteiger partial charge < -0.3 is 5.11 Å². The Morgan fingerprint density at radius 3 is 2.35 bits per heavy atom. The normalized spacial score (nSPS) is 14.0. The van der Waals surface area contributed by atoms with Gasteiger partial charge >= 0.3 is 5.97 Å². The number of hydrogen-bond acceptors (Lipinski definition) is 2. The van der Waals surface area contributed by atoms with E-state index in [0.29, 0.717) is 5.56 Å². The third kappa shape index (κ3) is 3.39. The topological polar surface area (TPSA) is 40.5 Å². The summed E-state index contributed by atoms with van der Waals surface area (Å²) in [5, 5.41) is 9.37. The maximum atomic E-state index is 11.4. The number of hydrogen-bond donors (Lipinski definition) is 1. The van der Waals surface area contributed by atoms with Gasteiger partial charge in [0.15, 0.2) is 0 Å². The quantitative estimate of drug-likeness (QED) is 0.752. The minimum Gasteiger partial charge on any atom is -0.478 e. The molecule has 0 aromatic heterocycles. The zero-order valence-corrected chi connectivity index (χ0v) is 14.6. The minimum atomic E-state index is -0.892. The van der Waals surface area contributed by atoms with Crippen molar-refractivity contribution in [3.63, 3.8) is 0 Å². The van der Waals surface area contributed by atoms with E-state index in [0.717, 1.165) is 37.2 Å². The molecule has 0 amide bonds. The zero-order chi connectivity index (χ0) is 17.9. The molecule has 4 rings (SSSR count). The molecule has 0 radical (unpaired) electrons. The predicted octanol–water partition coefficient (Wildman–Crippen LogP) is 4.61. The Kier molecular flexibility index (Phi) is 4.55. The SMILES string of the molecule is O=C(O)c1ccccc1-c1ccc(CN2CCc3ccccc3C2)cc1. The van der Waals surface area contributed by atoms with Gasteiger partial charge in [0.25, 0.3) is 0 Å². The Morgan fingerprint density at radius 1 is 0.885 bits per heavy atom. The summed E-state index contributed by atoms with van der Waals surface area (Å²) in [4.78, 5) is 13.9. The van der Waals surface area contributed by atoms with Crippen LogP contribution in [0.15, 0.2) is 72.8 Å². The van der Waals surface area contributed by atoms with Crippen LogP contribution in [0.3, 0.4) is 0 Å². The van der Waals surface area contributed by atoms with E-state index >= 15 is 0 Å². The number of rotatable bonds is 4. The molecule has 3 heteroatoms. The molecule has 3 nitrogen and oxygen atoms in total. The van der Waals surface area contributed by atoms with Crippen LogP contribution in [0.2, 0.25) is 0 Å². The first-order chi connectivity index (χ1) is 12.7. The fraction of sp³-hybridized carbons (Fsp3) is 0.174. The van der Waals surface area contributed by atoms with E-state index in [1.54, 1.807) is 12.1 Å². The maximum Gasteiger partial charge on any atom is 0.336 e. The van der Waals surface area contributed by atoms with Gasteiger partial charge in [0.1, 0.15) is 0 Å². The van der Waals surface area contributed by atoms with Crippen molar-refractivity contribution >= 4 is 5.97 Å². The highest BCUT2D eigenvalue weighted by molar-refractivity contribution is 5.95. The molecule has 0 aliphatic carbocycles. The van der Waals surface area contributed by atoms with Gasteiger partial charge in [0, 0.05) is 19.6 Å². The molecule has 1 aliphatic heterocycles. The Balaban J connectivity index is 1.50. The second-order valence-corrected chi connectivity index (χ2v) is 6.78. The first-order valence-electron chi connectivity index (χ1n) is 8.91. The van der Waals surface area contributed by atoms with Gasteiger partial charge in [0.05, 0.1) is 5.56 Å². The largest absolute Gasteiger partial charge is 0.478 e. The van der Waals surface area contributed by atoms with E-state index in [9.17, 15) is 9.90 Å². The van der Waals surface area contributed by atoms with Crippen LogP contribution in [0.25, 0.3) is 11.1 Å². The van der Waals surface area contributed by atoms with Crippen LogP contribution in [0.1, 0.15) is 27.0 Å². The molecular formula is C23H21NO2. The zero-order valence-electron chi connectivity index (χ0n) is 14.6. The Hall–Kier alpha value is -2.91. The third-order valence-electron chi connectivity index (χ3n) is 5.04. The van der Waals surface area contributed by atoms with Crippen LogP contribution >= 0.6 is 0 Å². The molecular weight excluding hydrogens is 322 g/mol. The lowest BCUT2D eigenvalue weighted by molar-refractivity contribution is 0.0697. The summed E-state index contributed by atoms with van der Waals surface area (Å²) in [6, 6.07) is 24.1. The molecule has 130 valence electrons. The molecule has 3 aromatic rings. The van der Waals surface area contributed by atoms with Crippen molar-refractivity contribution in [2.45, 2.75) is 19.5 Å². The molecule has 1 aliphatic rings. The summed E-state index contributed by atoms with van der Waals surface area (Å²) >= 11 is 0. The number of benzene rings is 3. The summed E-state index contributed by atoms with van der Waals surface area (Å²) in [5.41, 5.74) is 6.18. The smallest absolute Gasteiger partial charge is 0.336 e. The number of carboxylic acid groups (broad SMARTS) is 1. The molecule has 0 spiro atoms. The van der Waals surface area contributed by atoms with E-state index in [4.69, 9.17) is 0 Å². The average Bonchev–Trinajstić information content (AvgIpc) is 2.68. The van der Waals surface area contributed by atoms with Crippen LogP contribution in [0.5, 0.6) is 0 Å². The number of aromatic carboxylic acids is 1. The molecule has 0 bridgehead atoms. The number of nitrogens with zero attached hydrogens (tertiary/aromatic N) is 1. The van der Waals surface area contributed by atoms with Crippen LogP contribution in [0, 0.1) is 0 Å². The van der Waals surface area contributed by atoms with Gasteiger partial charge in [-0.05, 0) is 40.3 Å². The second-order valence-electron chi connectivity index (χ2n) is 6.78. The summed E-state index contributed by atoms with van der Waals surface area (Å²) in [6.45, 7) is 2.97. The number of carboxylic acids is 1. The Morgan fingerprint density at radius 2 is 1.58 bits per heavy atom. The van der Waals surface area contributed by atoms with E-state index in [-0.39, 0.29) is 0 Å². The number of fused-ring (bicyclic) bond motifs is 1. The lowest BCUT2D eigenvalue weighted by atomic mass is 9.97. The Bertz CT molecular complexity index is 931. The van der Waals surface area contributed by atoms with Crippen LogP contribution in [-0.4, -0.2) is 22.5 Å². The maximum absolute atomic E-state index is 11.4. The summed E-state index contributed by atoms with van der Waals surface area (Å²) in [7, 11) is 0. The molecule has 0 unspecified atom stereocenters. The fourth-order valence-electron chi connectivity index (χ4n) is 3.66. The van der Waals surface area contributed by atoms with Crippen LogP contribution in [-0.2, 0) is 19.5 Å². The van der Waals surface area contributed by atoms with Gasteiger partial charge in [-0.1, -0.05) is 66.7 Å². The highest BCUT2D eigenvalue weighted by Crippen LogP contribution is 2.25. The molecule has 26 heavy (non-hydrogen) atoms. The van der Waals surface area contributed by atoms with E-state index in [1.165, 1.54) is 16.7 Å². The molecule has 1 heterocycles. The summed E-state index contributed by atoms with van der Waals surface area (Å²) in [5.74, 6) is -0.892. The lowest BCUT2D eigenvalue weighted by Crippen LogP contribution is -2.29. The van der Waals surface area contributed by atoms with Crippen molar-refractivity contribution in [1.82, 2.24) is 4.90 Å². The molecule has 0 fully saturated rings. The molecule has 1 N–H and O–H groups in total. The summed E-state index contributed by atoms with van der Waals surface area (Å²) in [6.07, 6.45) is 1.10. The Labute approximate surface area is 153 Å². The van der Waals surface area contributed by atoms with Gasteiger partial charge in [-0.25, -0.2) is 4.79 Å². The third-order valence-corrected chi connectivity index (χ3v) is 5.04. The summed E-state index contributed by atoms with van der Waals surface area (Å²) < 4.78 is 0. The molecule has 0 saturated carbocycles. The standard InChI is InChI=1S/C23H21NO2/c25-23(26)22-8-4-3-7-21(22)19-11-9-17(10-12-19)15-24-14-13-18-5-1-2-6-20(18)16-24/h1-12H,13-16H2,(H,25,26). The van der Waals surface area contributed by atoms with Crippen molar-refractivity contribution < 1.29 is 9.90 Å². The number of carbonyl (C=O) groups is 1. The van der Waals surface area contributed by atoms with Crippen molar-refractivity contribution in [1.29, 1.82) is 0 Å². The van der Waals surface area contributed by atoms with Crippen molar-refractivity contribution in [3.05, 3.63) is 95.1 Å². The highest BCUT2D eigenvalue weighted by atomic mass is 16.4. The van der Waals surface area contributed by atoms with Crippen molar-refractivity contribution in [2.24, 2.45) is 0 Å². The van der Waals surface area contributed by atoms with E-state index in [1.807, 2.05) is 24.3 Å². The van der Waals surface area contributed by atoms with Crippen molar-refractivity contribution in [3.8, 4) is 11.1 Å². The highest BCUT2D eigenvalue weighted by Gasteiger charge is 2.16. The second kappa shape index (κ2) is 7.14. The minimum absolute atomic E-state index is 0.341. The van der Waals surface area contributed by atoms with Gasteiger partial charge in [0.2, 0.25) is 0 Å². The van der Waals surface area contributed by atoms with Crippen LogP contribution in [0.4, 0.5) is 0 Å².